The van der Waals surface area contributed by atoms with Crippen molar-refractivity contribution in [1.82, 2.24) is 4.98 Å². The van der Waals surface area contributed by atoms with Gasteiger partial charge in [0.15, 0.2) is 0 Å². The van der Waals surface area contributed by atoms with Crippen molar-refractivity contribution in [2.45, 2.75) is 13.8 Å². The van der Waals surface area contributed by atoms with Crippen molar-refractivity contribution in [2.75, 3.05) is 19.0 Å². The largest absolute Gasteiger partial charge is 0.377 e. The van der Waals surface area contributed by atoms with Gasteiger partial charge in [-0.2, -0.15) is 0 Å². The van der Waals surface area contributed by atoms with Gasteiger partial charge in [0.1, 0.15) is 0 Å². The van der Waals surface area contributed by atoms with Gasteiger partial charge < -0.3 is 4.90 Å². The van der Waals surface area contributed by atoms with Gasteiger partial charge >= 0.3 is 0 Å². The Hall–Kier alpha value is -1.28. The van der Waals surface area contributed by atoms with Crippen molar-refractivity contribution < 1.29 is 0 Å². The highest BCUT2D eigenvalue weighted by Crippen LogP contribution is 2.33. The zero-order valence-corrected chi connectivity index (χ0v) is 10.8. The maximum absolute atomic E-state index is 6.26. The standard InChI is InChI=1S/C13H15ClN2/c1-8-5-6-10(14)12-11(16(3)4)7-9(2)15-13(8)12/h5-7H,1-4H3. The lowest BCUT2D eigenvalue weighted by molar-refractivity contribution is 1.12. The lowest BCUT2D eigenvalue weighted by atomic mass is 10.1. The minimum Gasteiger partial charge on any atom is -0.377 e. The van der Waals surface area contributed by atoms with Crippen LogP contribution < -0.4 is 4.90 Å². The average Bonchev–Trinajstić information content (AvgIpc) is 2.22. The molecule has 0 N–H and O–H groups in total. The second-order valence-electron chi connectivity index (χ2n) is 4.27. The molecule has 3 heteroatoms. The molecule has 0 unspecified atom stereocenters. The molecular formula is C13H15ClN2. The highest BCUT2D eigenvalue weighted by Gasteiger charge is 2.11. The summed E-state index contributed by atoms with van der Waals surface area (Å²) in [4.78, 5) is 6.64. The van der Waals surface area contributed by atoms with Crippen LogP contribution in [-0.2, 0) is 0 Å². The molecule has 0 fully saturated rings. The molecule has 1 aromatic heterocycles. The van der Waals surface area contributed by atoms with Crippen molar-refractivity contribution in [3.05, 3.63) is 34.5 Å². The minimum atomic E-state index is 0.761. The van der Waals surface area contributed by atoms with Gasteiger partial charge in [-0.3, -0.25) is 4.98 Å². The normalized spacial score (nSPS) is 10.8. The third kappa shape index (κ3) is 1.74. The Morgan fingerprint density at radius 1 is 1.19 bits per heavy atom. The first kappa shape index (κ1) is 11.2. The number of fused-ring (bicyclic) bond motifs is 1. The summed E-state index contributed by atoms with van der Waals surface area (Å²) in [6.07, 6.45) is 0. The van der Waals surface area contributed by atoms with E-state index < -0.39 is 0 Å². The molecule has 2 aromatic rings. The Labute approximate surface area is 101 Å². The number of rotatable bonds is 1. The van der Waals surface area contributed by atoms with E-state index >= 15 is 0 Å². The predicted molar refractivity (Wildman–Crippen MR) is 70.6 cm³/mol. The van der Waals surface area contributed by atoms with E-state index in [4.69, 9.17) is 11.6 Å². The van der Waals surface area contributed by atoms with E-state index in [9.17, 15) is 0 Å². The van der Waals surface area contributed by atoms with Gasteiger partial charge in [0.2, 0.25) is 0 Å². The maximum atomic E-state index is 6.26. The molecule has 0 amide bonds. The summed E-state index contributed by atoms with van der Waals surface area (Å²) in [5.74, 6) is 0. The quantitative estimate of drug-likeness (QED) is 0.750. The van der Waals surface area contributed by atoms with Gasteiger partial charge in [0.05, 0.1) is 10.5 Å². The molecule has 0 spiro atoms. The fourth-order valence-corrected chi connectivity index (χ4v) is 2.14. The maximum Gasteiger partial charge on any atom is 0.0770 e. The SMILES string of the molecule is Cc1cc(N(C)C)c2c(Cl)ccc(C)c2n1. The van der Waals surface area contributed by atoms with Crippen molar-refractivity contribution >= 4 is 28.2 Å². The average molecular weight is 235 g/mol. The second kappa shape index (κ2) is 3.95. The van der Waals surface area contributed by atoms with Crippen LogP contribution in [0.4, 0.5) is 5.69 Å². The van der Waals surface area contributed by atoms with Crippen LogP contribution in [0.15, 0.2) is 18.2 Å². The first-order valence-electron chi connectivity index (χ1n) is 5.24. The molecule has 2 rings (SSSR count). The number of halogens is 1. The van der Waals surface area contributed by atoms with Crippen LogP contribution in [0.25, 0.3) is 10.9 Å². The van der Waals surface area contributed by atoms with Crippen molar-refractivity contribution in [3.8, 4) is 0 Å². The van der Waals surface area contributed by atoms with E-state index in [1.165, 1.54) is 0 Å². The molecule has 84 valence electrons. The highest BCUT2D eigenvalue weighted by molar-refractivity contribution is 6.36. The van der Waals surface area contributed by atoms with Crippen molar-refractivity contribution in [3.63, 3.8) is 0 Å². The second-order valence-corrected chi connectivity index (χ2v) is 4.67. The Morgan fingerprint density at radius 2 is 1.88 bits per heavy atom. The molecule has 1 heterocycles. The zero-order valence-electron chi connectivity index (χ0n) is 10.0. The third-order valence-electron chi connectivity index (χ3n) is 2.70. The lowest BCUT2D eigenvalue weighted by Gasteiger charge is -2.17. The molecular weight excluding hydrogens is 220 g/mol. The number of aryl methyl sites for hydroxylation is 2. The molecule has 0 saturated carbocycles. The Balaban J connectivity index is 2.95. The van der Waals surface area contributed by atoms with Crippen molar-refractivity contribution in [2.24, 2.45) is 0 Å². The topological polar surface area (TPSA) is 16.1 Å². The zero-order chi connectivity index (χ0) is 11.9. The van der Waals surface area contributed by atoms with E-state index in [0.717, 1.165) is 32.9 Å². The molecule has 0 atom stereocenters. The van der Waals surface area contributed by atoms with Crippen molar-refractivity contribution in [1.29, 1.82) is 0 Å². The summed E-state index contributed by atoms with van der Waals surface area (Å²) >= 11 is 6.26. The summed E-state index contributed by atoms with van der Waals surface area (Å²) in [5.41, 5.74) is 4.29. The van der Waals surface area contributed by atoms with E-state index in [1.54, 1.807) is 0 Å². The number of hydrogen-bond acceptors (Lipinski definition) is 2. The number of hydrogen-bond donors (Lipinski definition) is 0. The number of benzene rings is 1. The molecule has 0 aliphatic heterocycles. The molecule has 1 aromatic carbocycles. The Bertz CT molecular complexity index is 547. The Kier molecular flexibility index (Phi) is 2.76. The minimum absolute atomic E-state index is 0.761. The van der Waals surface area contributed by atoms with Crippen LogP contribution in [-0.4, -0.2) is 19.1 Å². The molecule has 0 aliphatic rings. The van der Waals surface area contributed by atoms with Crippen LogP contribution in [0.3, 0.4) is 0 Å². The van der Waals surface area contributed by atoms with E-state index in [0.29, 0.717) is 0 Å². The molecule has 0 saturated heterocycles. The summed E-state index contributed by atoms with van der Waals surface area (Å²) in [7, 11) is 4.04. The lowest BCUT2D eigenvalue weighted by Crippen LogP contribution is -2.10. The van der Waals surface area contributed by atoms with Crippen LogP contribution >= 0.6 is 11.6 Å². The number of anilines is 1. The Morgan fingerprint density at radius 3 is 2.50 bits per heavy atom. The summed E-state index contributed by atoms with van der Waals surface area (Å²) in [6.45, 7) is 4.07. The van der Waals surface area contributed by atoms with E-state index in [1.807, 2.05) is 33.2 Å². The van der Waals surface area contributed by atoms with Gasteiger partial charge in [-0.15, -0.1) is 0 Å². The third-order valence-corrected chi connectivity index (χ3v) is 3.02. The van der Waals surface area contributed by atoms with Crippen LogP contribution in [0, 0.1) is 13.8 Å². The van der Waals surface area contributed by atoms with Crippen LogP contribution in [0.1, 0.15) is 11.3 Å². The monoisotopic (exact) mass is 234 g/mol. The first-order chi connectivity index (χ1) is 7.50. The first-order valence-corrected chi connectivity index (χ1v) is 5.62. The van der Waals surface area contributed by atoms with Gasteiger partial charge in [-0.1, -0.05) is 17.7 Å². The summed E-state index contributed by atoms with van der Waals surface area (Å²) < 4.78 is 0. The van der Waals surface area contributed by atoms with Gasteiger partial charge in [-0.05, 0) is 31.5 Å². The molecule has 16 heavy (non-hydrogen) atoms. The smallest absolute Gasteiger partial charge is 0.0770 e. The van der Waals surface area contributed by atoms with Crippen LogP contribution in [0.5, 0.6) is 0 Å². The summed E-state index contributed by atoms with van der Waals surface area (Å²) in [5, 5.41) is 1.80. The predicted octanol–water partition coefficient (Wildman–Crippen LogP) is 3.57. The number of nitrogens with zero attached hydrogens (tertiary/aromatic N) is 2. The molecule has 2 nitrogen and oxygen atoms in total. The fraction of sp³-hybridized carbons (Fsp3) is 0.308. The number of pyridine rings is 1. The molecule has 0 bridgehead atoms. The number of aromatic nitrogens is 1. The fourth-order valence-electron chi connectivity index (χ4n) is 1.89. The summed E-state index contributed by atoms with van der Waals surface area (Å²) in [6, 6.07) is 6.01. The van der Waals surface area contributed by atoms with Gasteiger partial charge in [0.25, 0.3) is 0 Å². The van der Waals surface area contributed by atoms with E-state index in [2.05, 4.69) is 22.9 Å². The molecule has 0 aliphatic carbocycles. The molecule has 0 radical (unpaired) electrons. The van der Waals surface area contributed by atoms with Gasteiger partial charge in [-0.25, -0.2) is 0 Å². The van der Waals surface area contributed by atoms with Gasteiger partial charge in [0, 0.05) is 30.9 Å². The van der Waals surface area contributed by atoms with Crippen LogP contribution in [0.2, 0.25) is 5.02 Å². The highest BCUT2D eigenvalue weighted by atomic mass is 35.5. The van der Waals surface area contributed by atoms with E-state index in [-0.39, 0.29) is 0 Å².